The molecule has 5 heteroatoms. The molecule has 1 fully saturated rings. The van der Waals surface area contributed by atoms with Gasteiger partial charge in [0.1, 0.15) is 11.9 Å². The average Bonchev–Trinajstić information content (AvgIpc) is 2.95. The Morgan fingerprint density at radius 3 is 2.72 bits per heavy atom. The Balaban J connectivity index is 1.41. The van der Waals surface area contributed by atoms with Gasteiger partial charge in [-0.2, -0.15) is 5.10 Å². The van der Waals surface area contributed by atoms with E-state index in [0.717, 1.165) is 47.4 Å². The van der Waals surface area contributed by atoms with Gasteiger partial charge >= 0.3 is 0 Å². The third-order valence-corrected chi connectivity index (χ3v) is 5.42. The zero-order valence-electron chi connectivity index (χ0n) is 15.1. The predicted octanol–water partition coefficient (Wildman–Crippen LogP) is 3.05. The number of hydrogen-bond donors (Lipinski definition) is 1. The molecule has 4 rings (SSSR count). The van der Waals surface area contributed by atoms with E-state index in [-0.39, 0.29) is 12.0 Å². The van der Waals surface area contributed by atoms with Gasteiger partial charge in [0.25, 0.3) is 5.91 Å². The molecule has 1 aromatic carbocycles. The Labute approximate surface area is 148 Å². The Morgan fingerprint density at radius 2 is 2.00 bits per heavy atom. The minimum Gasteiger partial charge on any atom is -0.486 e. The number of carbonyl (C=O) groups is 1. The van der Waals surface area contributed by atoms with Crippen molar-refractivity contribution in [2.75, 3.05) is 13.1 Å². The molecule has 1 aliphatic heterocycles. The van der Waals surface area contributed by atoms with Gasteiger partial charge < -0.3 is 9.64 Å². The highest BCUT2D eigenvalue weighted by Gasteiger charge is 2.36. The van der Waals surface area contributed by atoms with Gasteiger partial charge in [-0.25, -0.2) is 0 Å². The van der Waals surface area contributed by atoms with E-state index in [4.69, 9.17) is 4.74 Å². The van der Waals surface area contributed by atoms with Crippen molar-refractivity contribution in [2.24, 2.45) is 5.92 Å². The number of hydrogen-bond acceptors (Lipinski definition) is 3. The predicted molar refractivity (Wildman–Crippen MR) is 96.0 cm³/mol. The van der Waals surface area contributed by atoms with Crippen LogP contribution in [0.4, 0.5) is 0 Å². The summed E-state index contributed by atoms with van der Waals surface area (Å²) in [6.45, 7) is 7.61. The van der Waals surface area contributed by atoms with Crippen LogP contribution in [0.25, 0.3) is 0 Å². The molecular formula is C20H25N3O2. The number of para-hydroxylation sites is 1. The number of nitrogens with zero attached hydrogens (tertiary/aromatic N) is 2. The summed E-state index contributed by atoms with van der Waals surface area (Å²) in [6.07, 6.45) is 3.17. The summed E-state index contributed by atoms with van der Waals surface area (Å²) < 4.78 is 6.12. The normalized spacial score (nSPS) is 20.1. The van der Waals surface area contributed by atoms with Gasteiger partial charge in [0.05, 0.1) is 13.1 Å². The van der Waals surface area contributed by atoms with E-state index in [9.17, 15) is 4.79 Å². The first-order chi connectivity index (χ1) is 12.0. The number of likely N-dealkylation sites (tertiary alicyclic amines) is 1. The Bertz CT molecular complexity index is 785. The molecule has 2 aromatic rings. The highest BCUT2D eigenvalue weighted by Crippen LogP contribution is 2.29. The van der Waals surface area contributed by atoms with E-state index in [1.54, 1.807) is 0 Å². The SMILES string of the molecule is Cc1cccc(C)c1OC1CN(C(=O)c2n[nH]c3c2CC(C)CC3)C1. The number of amides is 1. The Morgan fingerprint density at radius 1 is 1.28 bits per heavy atom. The molecule has 25 heavy (non-hydrogen) atoms. The van der Waals surface area contributed by atoms with Gasteiger partial charge in [0, 0.05) is 11.3 Å². The van der Waals surface area contributed by atoms with Crippen LogP contribution in [-0.4, -0.2) is 40.2 Å². The van der Waals surface area contributed by atoms with Gasteiger partial charge in [0.15, 0.2) is 5.69 Å². The van der Waals surface area contributed by atoms with Crippen LogP contribution in [-0.2, 0) is 12.8 Å². The monoisotopic (exact) mass is 339 g/mol. The van der Waals surface area contributed by atoms with Crippen LogP contribution in [0.3, 0.4) is 0 Å². The van der Waals surface area contributed by atoms with Crippen molar-refractivity contribution in [1.29, 1.82) is 0 Å². The van der Waals surface area contributed by atoms with E-state index in [1.807, 2.05) is 11.0 Å². The standard InChI is InChI=1S/C20H25N3O2/c1-12-7-8-17-16(9-12)18(22-21-17)20(24)23-10-15(11-23)25-19-13(2)5-4-6-14(19)3/h4-6,12,15H,7-11H2,1-3H3,(H,21,22). The summed E-state index contributed by atoms with van der Waals surface area (Å²) in [7, 11) is 0. The number of benzene rings is 1. The maximum absolute atomic E-state index is 12.8. The lowest BCUT2D eigenvalue weighted by Gasteiger charge is -2.39. The lowest BCUT2D eigenvalue weighted by molar-refractivity contribution is 0.0167. The number of aromatic amines is 1. The van der Waals surface area contributed by atoms with Crippen LogP contribution in [0.2, 0.25) is 0 Å². The molecule has 1 amide bonds. The molecule has 1 atom stereocenters. The second-order valence-electron chi connectivity index (χ2n) is 7.55. The number of aryl methyl sites for hydroxylation is 3. The van der Waals surface area contributed by atoms with Crippen LogP contribution in [0.1, 0.15) is 46.2 Å². The van der Waals surface area contributed by atoms with E-state index < -0.39 is 0 Å². The van der Waals surface area contributed by atoms with E-state index in [1.165, 1.54) is 0 Å². The number of nitrogens with one attached hydrogen (secondary N) is 1. The van der Waals surface area contributed by atoms with E-state index in [0.29, 0.717) is 24.7 Å². The fourth-order valence-corrected chi connectivity index (χ4v) is 3.83. The van der Waals surface area contributed by atoms with Gasteiger partial charge in [-0.05, 0) is 50.2 Å². The summed E-state index contributed by atoms with van der Waals surface area (Å²) in [5.74, 6) is 1.60. The van der Waals surface area contributed by atoms with Gasteiger partial charge in [-0.15, -0.1) is 0 Å². The van der Waals surface area contributed by atoms with Crippen molar-refractivity contribution >= 4 is 5.91 Å². The molecule has 0 bridgehead atoms. The Kier molecular flexibility index (Phi) is 4.02. The second kappa shape index (κ2) is 6.21. The van der Waals surface area contributed by atoms with Gasteiger partial charge in [0.2, 0.25) is 0 Å². The molecule has 1 saturated heterocycles. The highest BCUT2D eigenvalue weighted by molar-refractivity contribution is 5.94. The summed E-state index contributed by atoms with van der Waals surface area (Å²) in [5, 5.41) is 7.38. The van der Waals surface area contributed by atoms with Gasteiger partial charge in [-0.3, -0.25) is 9.89 Å². The molecule has 5 nitrogen and oxygen atoms in total. The maximum atomic E-state index is 12.8. The van der Waals surface area contributed by atoms with Gasteiger partial charge in [-0.1, -0.05) is 25.1 Å². The van der Waals surface area contributed by atoms with E-state index >= 15 is 0 Å². The molecule has 1 aliphatic carbocycles. The third-order valence-electron chi connectivity index (χ3n) is 5.42. The van der Waals surface area contributed by atoms with Crippen LogP contribution in [0, 0.1) is 19.8 Å². The summed E-state index contributed by atoms with van der Waals surface area (Å²) in [6, 6.07) is 6.15. The number of H-pyrrole nitrogens is 1. The average molecular weight is 339 g/mol. The zero-order valence-corrected chi connectivity index (χ0v) is 15.1. The zero-order chi connectivity index (χ0) is 17.6. The summed E-state index contributed by atoms with van der Waals surface area (Å²) >= 11 is 0. The fraction of sp³-hybridized carbons (Fsp3) is 0.500. The van der Waals surface area contributed by atoms with E-state index in [2.05, 4.69) is 43.1 Å². The molecule has 1 N–H and O–H groups in total. The fourth-order valence-electron chi connectivity index (χ4n) is 3.83. The largest absolute Gasteiger partial charge is 0.486 e. The molecule has 2 heterocycles. The van der Waals surface area contributed by atoms with Crippen molar-refractivity contribution in [3.8, 4) is 5.75 Å². The second-order valence-corrected chi connectivity index (χ2v) is 7.55. The quantitative estimate of drug-likeness (QED) is 0.935. The first-order valence-corrected chi connectivity index (χ1v) is 9.11. The summed E-state index contributed by atoms with van der Waals surface area (Å²) in [4.78, 5) is 14.6. The topological polar surface area (TPSA) is 58.2 Å². The molecular weight excluding hydrogens is 314 g/mol. The third kappa shape index (κ3) is 2.92. The number of ether oxygens (including phenoxy) is 1. The number of aromatic nitrogens is 2. The van der Waals surface area contributed by atoms with Crippen LogP contribution in [0.5, 0.6) is 5.75 Å². The minimum atomic E-state index is 0.0351. The van der Waals surface area contributed by atoms with Crippen molar-refractivity contribution in [3.63, 3.8) is 0 Å². The minimum absolute atomic E-state index is 0.0351. The molecule has 0 saturated carbocycles. The lowest BCUT2D eigenvalue weighted by atomic mass is 9.87. The molecule has 1 aromatic heterocycles. The molecule has 132 valence electrons. The first kappa shape index (κ1) is 16.2. The van der Waals surface area contributed by atoms with Crippen LogP contribution >= 0.6 is 0 Å². The Hall–Kier alpha value is -2.30. The molecule has 1 unspecified atom stereocenters. The highest BCUT2D eigenvalue weighted by atomic mass is 16.5. The van der Waals surface area contributed by atoms with Crippen molar-refractivity contribution < 1.29 is 9.53 Å². The lowest BCUT2D eigenvalue weighted by Crippen LogP contribution is -2.56. The number of fused-ring (bicyclic) bond motifs is 1. The molecule has 0 radical (unpaired) electrons. The van der Waals surface area contributed by atoms with Crippen LogP contribution in [0.15, 0.2) is 18.2 Å². The van der Waals surface area contributed by atoms with Crippen molar-refractivity contribution in [2.45, 2.75) is 46.1 Å². The molecule has 2 aliphatic rings. The summed E-state index contributed by atoms with van der Waals surface area (Å²) in [5.41, 5.74) is 5.17. The smallest absolute Gasteiger partial charge is 0.274 e. The van der Waals surface area contributed by atoms with Crippen LogP contribution < -0.4 is 4.74 Å². The first-order valence-electron chi connectivity index (χ1n) is 9.11. The van der Waals surface area contributed by atoms with Crippen molar-refractivity contribution in [3.05, 3.63) is 46.3 Å². The number of carbonyl (C=O) groups excluding carboxylic acids is 1. The van der Waals surface area contributed by atoms with Crippen molar-refractivity contribution in [1.82, 2.24) is 15.1 Å². The maximum Gasteiger partial charge on any atom is 0.274 e. The molecule has 0 spiro atoms. The number of rotatable bonds is 3.